The summed E-state index contributed by atoms with van der Waals surface area (Å²) in [7, 11) is 0. The largest absolute Gasteiger partial charge is 0.478 e. The number of fused-ring (bicyclic) bond motifs is 1. The van der Waals surface area contributed by atoms with Crippen LogP contribution in [0.1, 0.15) is 47.8 Å². The van der Waals surface area contributed by atoms with Crippen molar-refractivity contribution >= 4 is 17.9 Å². The number of carboxylic acids is 1. The summed E-state index contributed by atoms with van der Waals surface area (Å²) in [5.74, 6) is -1.58. The number of carboxylic acid groups (broad SMARTS) is 1. The van der Waals surface area contributed by atoms with Gasteiger partial charge in [0.2, 0.25) is 0 Å². The van der Waals surface area contributed by atoms with Crippen LogP contribution in [-0.4, -0.2) is 23.0 Å². The van der Waals surface area contributed by atoms with Crippen molar-refractivity contribution in [3.05, 3.63) is 161 Å². The lowest BCUT2D eigenvalue weighted by Crippen LogP contribution is -2.29. The summed E-state index contributed by atoms with van der Waals surface area (Å²) < 4.78 is 11.7. The van der Waals surface area contributed by atoms with Crippen molar-refractivity contribution in [2.45, 2.75) is 5.60 Å². The number of ether oxygens (including phenoxy) is 2. The van der Waals surface area contributed by atoms with Crippen LogP contribution in [0.5, 0.6) is 5.75 Å². The van der Waals surface area contributed by atoms with Gasteiger partial charge in [0.1, 0.15) is 5.75 Å². The lowest BCUT2D eigenvalue weighted by atomic mass is 9.79. The van der Waals surface area contributed by atoms with E-state index in [4.69, 9.17) is 9.47 Å². The van der Waals surface area contributed by atoms with Crippen molar-refractivity contribution < 1.29 is 29.0 Å². The van der Waals surface area contributed by atoms with E-state index >= 15 is 0 Å². The van der Waals surface area contributed by atoms with Crippen molar-refractivity contribution in [2.24, 2.45) is 0 Å². The number of hydrogen-bond acceptors (Lipinski definition) is 5. The first-order valence-electron chi connectivity index (χ1n) is 12.6. The third-order valence-electron chi connectivity index (χ3n) is 7.01. The zero-order chi connectivity index (χ0) is 27.7. The number of hydrogen-bond donors (Lipinski definition) is 1. The van der Waals surface area contributed by atoms with Crippen LogP contribution in [0.25, 0.3) is 11.1 Å². The maximum atomic E-state index is 13.0. The molecule has 1 unspecified atom stereocenters. The predicted molar refractivity (Wildman–Crippen MR) is 148 cm³/mol. The Bertz CT molecular complexity index is 1740. The number of rotatable bonds is 6. The van der Waals surface area contributed by atoms with Gasteiger partial charge in [0.25, 0.3) is 0 Å². The molecule has 6 rings (SSSR count). The molecule has 0 radical (unpaired) electrons. The highest BCUT2D eigenvalue weighted by molar-refractivity contribution is 5.97. The van der Waals surface area contributed by atoms with E-state index in [9.17, 15) is 19.5 Å². The van der Waals surface area contributed by atoms with Gasteiger partial charge in [0, 0.05) is 16.7 Å². The lowest BCUT2D eigenvalue weighted by molar-refractivity contribution is 0.0251. The maximum absolute atomic E-state index is 13.0. The second kappa shape index (κ2) is 10.0. The molecule has 1 aliphatic heterocycles. The van der Waals surface area contributed by atoms with Crippen LogP contribution < -0.4 is 4.74 Å². The molecule has 0 aliphatic carbocycles. The molecule has 194 valence electrons. The van der Waals surface area contributed by atoms with Crippen LogP contribution in [0, 0.1) is 0 Å². The number of carbonyl (C=O) groups is 3. The Balaban J connectivity index is 1.41. The molecule has 0 bridgehead atoms. The number of cyclic esters (lactones) is 1. The van der Waals surface area contributed by atoms with Crippen molar-refractivity contribution in [1.82, 2.24) is 0 Å². The summed E-state index contributed by atoms with van der Waals surface area (Å²) in [6.45, 7) is 0. The molecule has 5 aromatic rings. The summed E-state index contributed by atoms with van der Waals surface area (Å²) in [5, 5.41) is 9.64. The topological polar surface area (TPSA) is 89.9 Å². The Labute approximate surface area is 230 Å². The highest BCUT2D eigenvalue weighted by Crippen LogP contribution is 2.47. The van der Waals surface area contributed by atoms with Gasteiger partial charge in [0.15, 0.2) is 5.60 Å². The van der Waals surface area contributed by atoms with Crippen LogP contribution in [0.15, 0.2) is 127 Å². The second-order valence-corrected chi connectivity index (χ2v) is 9.32. The second-order valence-electron chi connectivity index (χ2n) is 9.32. The molecule has 1 N–H and O–H groups in total. The Hall–Kier alpha value is -5.49. The Morgan fingerprint density at radius 2 is 1.23 bits per heavy atom. The quantitative estimate of drug-likeness (QED) is 0.195. The van der Waals surface area contributed by atoms with E-state index in [1.54, 1.807) is 84.9 Å². The van der Waals surface area contributed by atoms with Gasteiger partial charge in [-0.15, -0.1) is 0 Å². The zero-order valence-electron chi connectivity index (χ0n) is 21.1. The van der Waals surface area contributed by atoms with Gasteiger partial charge in [-0.05, 0) is 47.5 Å². The number of carbonyl (C=O) groups excluding carboxylic acids is 2. The third kappa shape index (κ3) is 4.22. The summed E-state index contributed by atoms with van der Waals surface area (Å²) in [4.78, 5) is 37.3. The van der Waals surface area contributed by atoms with Gasteiger partial charge in [-0.2, -0.15) is 0 Å². The van der Waals surface area contributed by atoms with Crippen LogP contribution in [0.4, 0.5) is 0 Å². The zero-order valence-corrected chi connectivity index (χ0v) is 21.1. The molecule has 0 spiro atoms. The van der Waals surface area contributed by atoms with Gasteiger partial charge in [-0.3, -0.25) is 0 Å². The lowest BCUT2D eigenvalue weighted by Gasteiger charge is -2.30. The molecule has 0 fully saturated rings. The first-order chi connectivity index (χ1) is 19.5. The standard InChI is InChI=1S/C34H22O6/c35-31(36)28-11-5-4-10-27(28)22-14-16-24(17-15-22)34(30-13-7-6-12-29(30)33(38)40-34)25-18-20-26(21-19-25)39-32(37)23-8-2-1-3-9-23/h1-21H,(H,35,36). The molecule has 6 nitrogen and oxygen atoms in total. The molecule has 1 aliphatic rings. The Kier molecular flexibility index (Phi) is 6.21. The van der Waals surface area contributed by atoms with E-state index in [1.807, 2.05) is 42.5 Å². The molecule has 5 aromatic carbocycles. The van der Waals surface area contributed by atoms with Gasteiger partial charge in [0.05, 0.1) is 16.7 Å². The van der Waals surface area contributed by atoms with Crippen molar-refractivity contribution in [3.8, 4) is 16.9 Å². The van der Waals surface area contributed by atoms with E-state index in [2.05, 4.69) is 0 Å². The summed E-state index contributed by atoms with van der Waals surface area (Å²) in [6.07, 6.45) is 0. The number of benzene rings is 5. The molecule has 6 heteroatoms. The predicted octanol–water partition coefficient (Wildman–Crippen LogP) is 6.73. The van der Waals surface area contributed by atoms with E-state index in [0.717, 1.165) is 5.56 Å². The van der Waals surface area contributed by atoms with Crippen molar-refractivity contribution in [2.75, 3.05) is 0 Å². The minimum atomic E-state index is -1.25. The monoisotopic (exact) mass is 526 g/mol. The minimum Gasteiger partial charge on any atom is -0.478 e. The highest BCUT2D eigenvalue weighted by atomic mass is 16.6. The first-order valence-corrected chi connectivity index (χ1v) is 12.6. The van der Waals surface area contributed by atoms with Crippen LogP contribution in [0.3, 0.4) is 0 Å². The molecule has 0 aromatic heterocycles. The first kappa shape index (κ1) is 24.8. The fourth-order valence-corrected chi connectivity index (χ4v) is 5.12. The Morgan fingerprint density at radius 3 is 1.90 bits per heavy atom. The molecule has 0 saturated heterocycles. The van der Waals surface area contributed by atoms with E-state index < -0.39 is 23.5 Å². The van der Waals surface area contributed by atoms with Crippen molar-refractivity contribution in [1.29, 1.82) is 0 Å². The van der Waals surface area contributed by atoms with Gasteiger partial charge >= 0.3 is 17.9 Å². The summed E-state index contributed by atoms with van der Waals surface area (Å²) in [6, 6.07) is 37.0. The maximum Gasteiger partial charge on any atom is 0.343 e. The smallest absolute Gasteiger partial charge is 0.343 e. The SMILES string of the molecule is O=C(Oc1ccc(C2(c3ccc(-c4ccccc4C(=O)O)cc3)OC(=O)c3ccccc32)cc1)c1ccccc1. The van der Waals surface area contributed by atoms with Gasteiger partial charge in [-0.1, -0.05) is 91.0 Å². The molecular formula is C34H22O6. The number of aromatic carboxylic acids is 1. The summed E-state index contributed by atoms with van der Waals surface area (Å²) in [5.41, 5.74) is 3.20. The molecule has 1 atom stereocenters. The average molecular weight is 527 g/mol. The van der Waals surface area contributed by atoms with Crippen LogP contribution >= 0.6 is 0 Å². The minimum absolute atomic E-state index is 0.197. The fraction of sp³-hybridized carbons (Fsp3) is 0.0294. The van der Waals surface area contributed by atoms with E-state index in [0.29, 0.717) is 39.1 Å². The molecular weight excluding hydrogens is 504 g/mol. The highest BCUT2D eigenvalue weighted by Gasteiger charge is 2.48. The number of esters is 2. The molecule has 40 heavy (non-hydrogen) atoms. The van der Waals surface area contributed by atoms with Crippen molar-refractivity contribution in [3.63, 3.8) is 0 Å². The summed E-state index contributed by atoms with van der Waals surface area (Å²) >= 11 is 0. The Morgan fingerprint density at radius 1 is 0.650 bits per heavy atom. The molecule has 0 saturated carbocycles. The third-order valence-corrected chi connectivity index (χ3v) is 7.01. The molecule has 1 heterocycles. The van der Waals surface area contributed by atoms with Crippen LogP contribution in [-0.2, 0) is 10.3 Å². The van der Waals surface area contributed by atoms with Gasteiger partial charge < -0.3 is 14.6 Å². The van der Waals surface area contributed by atoms with E-state index in [1.165, 1.54) is 0 Å². The molecule has 0 amide bonds. The fourth-order valence-electron chi connectivity index (χ4n) is 5.12. The van der Waals surface area contributed by atoms with Crippen LogP contribution in [0.2, 0.25) is 0 Å². The van der Waals surface area contributed by atoms with E-state index in [-0.39, 0.29) is 5.56 Å². The van der Waals surface area contributed by atoms with Gasteiger partial charge in [-0.25, -0.2) is 14.4 Å². The normalized spacial score (nSPS) is 15.7. The average Bonchev–Trinajstić information content (AvgIpc) is 3.31.